The average Bonchev–Trinajstić information content (AvgIpc) is 2.90. The second-order valence-electron chi connectivity index (χ2n) is 6.50. The maximum Gasteiger partial charge on any atom is 0.303 e. The van der Waals surface area contributed by atoms with Gasteiger partial charge < -0.3 is 33.2 Å². The molecule has 0 amide bonds. The number of benzene rings is 1. The molecule has 1 saturated heterocycles. The van der Waals surface area contributed by atoms with Crippen LogP contribution in [-0.4, -0.2) is 68.3 Å². The van der Waals surface area contributed by atoms with E-state index < -0.39 is 88.8 Å². The minimum atomic E-state index is -1.64. The van der Waals surface area contributed by atoms with E-state index in [9.17, 15) is 19.2 Å². The summed E-state index contributed by atoms with van der Waals surface area (Å²) >= 11 is 2.04. The molecule has 1 aromatic carbocycles. The van der Waals surface area contributed by atoms with Gasteiger partial charge in [-0.3, -0.25) is 19.2 Å². The fourth-order valence-corrected chi connectivity index (χ4v) is 3.47. The molecule has 5 atom stereocenters. The summed E-state index contributed by atoms with van der Waals surface area (Å²) in [5.74, 6) is -3.77. The number of esters is 4. The van der Waals surface area contributed by atoms with E-state index in [1.807, 2.05) is 22.6 Å². The zero-order valence-corrected chi connectivity index (χ0v) is 19.7. The SMILES string of the molecule is [2H]CC(=O)OC[C@H]1OC(Oc2ccc(I)cc2OC)[C@@H](OC(=O)C[2H])[C@@H](OC(=O)C[2H])[C@@H]1OC(=O)C[2H]. The molecule has 2 rings (SSSR count). The van der Waals surface area contributed by atoms with Crippen molar-refractivity contribution in [3.05, 3.63) is 21.8 Å². The molecule has 33 heavy (non-hydrogen) atoms. The van der Waals surface area contributed by atoms with Crippen molar-refractivity contribution < 1.29 is 57.8 Å². The summed E-state index contributed by atoms with van der Waals surface area (Å²) in [7, 11) is 1.38. The van der Waals surface area contributed by atoms with E-state index in [0.29, 0.717) is 0 Å². The molecule has 1 aliphatic rings. The van der Waals surface area contributed by atoms with Gasteiger partial charge in [-0.25, -0.2) is 0 Å². The van der Waals surface area contributed by atoms with Gasteiger partial charge in [0.05, 0.1) is 7.11 Å². The third-order valence-electron chi connectivity index (χ3n) is 4.17. The second-order valence-corrected chi connectivity index (χ2v) is 7.75. The lowest BCUT2D eigenvalue weighted by atomic mass is 9.98. The van der Waals surface area contributed by atoms with Gasteiger partial charge in [-0.05, 0) is 40.8 Å². The lowest BCUT2D eigenvalue weighted by Crippen LogP contribution is -2.63. The van der Waals surface area contributed by atoms with Crippen LogP contribution < -0.4 is 9.47 Å². The first-order chi connectivity index (χ1) is 17.7. The molecule has 0 bridgehead atoms. The van der Waals surface area contributed by atoms with Gasteiger partial charge >= 0.3 is 23.9 Å². The van der Waals surface area contributed by atoms with E-state index in [2.05, 4.69) is 0 Å². The Morgan fingerprint density at radius 3 is 2.12 bits per heavy atom. The number of carbonyl (C=O) groups excluding carboxylic acids is 4. The summed E-state index contributed by atoms with van der Waals surface area (Å²) in [5.41, 5.74) is 0. The van der Waals surface area contributed by atoms with E-state index in [1.165, 1.54) is 13.2 Å². The number of methoxy groups -OCH3 is 1. The topological polar surface area (TPSA) is 133 Å². The van der Waals surface area contributed by atoms with Gasteiger partial charge in [0.2, 0.25) is 12.4 Å². The maximum atomic E-state index is 12.1. The zero-order chi connectivity index (χ0) is 27.5. The van der Waals surface area contributed by atoms with Crippen LogP contribution in [0, 0.1) is 3.57 Å². The predicted molar refractivity (Wildman–Crippen MR) is 118 cm³/mol. The van der Waals surface area contributed by atoms with Gasteiger partial charge in [0.15, 0.2) is 23.7 Å². The highest BCUT2D eigenvalue weighted by molar-refractivity contribution is 14.1. The smallest absolute Gasteiger partial charge is 0.303 e. The van der Waals surface area contributed by atoms with Crippen molar-refractivity contribution in [1.82, 2.24) is 0 Å². The van der Waals surface area contributed by atoms with Gasteiger partial charge in [-0.1, -0.05) is 0 Å². The highest BCUT2D eigenvalue weighted by Gasteiger charge is 2.53. The fourth-order valence-electron chi connectivity index (χ4n) is 3.00. The maximum absolute atomic E-state index is 12.1. The quantitative estimate of drug-likeness (QED) is 0.252. The summed E-state index contributed by atoms with van der Waals surface area (Å²) in [6.07, 6.45) is -7.78. The van der Waals surface area contributed by atoms with E-state index in [1.54, 1.807) is 12.1 Å². The van der Waals surface area contributed by atoms with Crippen molar-refractivity contribution in [3.63, 3.8) is 0 Å². The third-order valence-corrected chi connectivity index (χ3v) is 4.84. The van der Waals surface area contributed by atoms with Crippen LogP contribution in [0.5, 0.6) is 11.5 Å². The normalized spacial score (nSPS) is 25.8. The minimum Gasteiger partial charge on any atom is -0.493 e. The van der Waals surface area contributed by atoms with Crippen LogP contribution in [0.15, 0.2) is 18.2 Å². The molecule has 1 fully saturated rings. The molecule has 0 aromatic heterocycles. The Labute approximate surface area is 209 Å². The van der Waals surface area contributed by atoms with Gasteiger partial charge in [0.25, 0.3) is 0 Å². The number of rotatable bonds is 8. The summed E-state index contributed by atoms with van der Waals surface area (Å²) in [6, 6.07) is 4.84. The van der Waals surface area contributed by atoms with Gasteiger partial charge in [0, 0.05) is 36.7 Å². The Hall–Kier alpha value is -2.61. The Bertz CT molecular complexity index is 966. The van der Waals surface area contributed by atoms with Gasteiger partial charge in [0.1, 0.15) is 12.7 Å². The lowest BCUT2D eigenvalue weighted by molar-refractivity contribution is -0.288. The highest BCUT2D eigenvalue weighted by Crippen LogP contribution is 2.35. The summed E-state index contributed by atoms with van der Waals surface area (Å²) < 4.78 is 67.6. The number of hydrogen-bond donors (Lipinski definition) is 0. The van der Waals surface area contributed by atoms with Crippen molar-refractivity contribution in [2.45, 2.75) is 58.3 Å². The van der Waals surface area contributed by atoms with Gasteiger partial charge in [-0.2, -0.15) is 0 Å². The molecule has 11 nitrogen and oxygen atoms in total. The molecule has 1 aliphatic heterocycles. The first-order valence-electron chi connectivity index (χ1n) is 12.1. The van der Waals surface area contributed by atoms with Crippen LogP contribution in [0.25, 0.3) is 0 Å². The molecule has 1 heterocycles. The first kappa shape index (κ1) is 21.0. The number of ether oxygens (including phenoxy) is 7. The van der Waals surface area contributed by atoms with E-state index in [0.717, 1.165) is 3.57 Å². The van der Waals surface area contributed by atoms with Crippen LogP contribution in [0.1, 0.15) is 33.1 Å². The molecule has 0 aliphatic carbocycles. The Morgan fingerprint density at radius 2 is 1.52 bits per heavy atom. The molecular weight excluding hydrogens is 555 g/mol. The zero-order valence-electron chi connectivity index (χ0n) is 21.5. The molecule has 0 radical (unpaired) electrons. The molecule has 1 aromatic rings. The fraction of sp³-hybridized carbons (Fsp3) is 0.524. The molecular formula is C21H25IO11. The monoisotopic (exact) mass is 584 g/mol. The Kier molecular flexibility index (Phi) is 7.64. The van der Waals surface area contributed by atoms with Gasteiger partial charge in [-0.15, -0.1) is 0 Å². The number of hydrogen-bond acceptors (Lipinski definition) is 11. The van der Waals surface area contributed by atoms with Crippen LogP contribution in [-0.2, 0) is 42.9 Å². The summed E-state index contributed by atoms with van der Waals surface area (Å²) in [6.45, 7) is -3.80. The Balaban J connectivity index is 2.56. The summed E-state index contributed by atoms with van der Waals surface area (Å²) in [5, 5.41) is 0. The van der Waals surface area contributed by atoms with Crippen molar-refractivity contribution in [1.29, 1.82) is 0 Å². The van der Waals surface area contributed by atoms with Crippen LogP contribution in [0.2, 0.25) is 0 Å². The molecule has 0 saturated carbocycles. The minimum absolute atomic E-state index is 0.119. The van der Waals surface area contributed by atoms with Crippen molar-refractivity contribution in [2.24, 2.45) is 0 Å². The van der Waals surface area contributed by atoms with Crippen molar-refractivity contribution in [3.8, 4) is 11.5 Å². The standard InChI is InChI=1S/C21H25IO11/c1-10(23)28-9-17-18(29-11(2)24)19(30-12(3)25)20(31-13(4)26)21(33-17)32-15-7-6-14(22)8-16(15)27-5/h6-8,17-21H,9H2,1-5H3/t17-,18-,19+,20+,21?/m1/s1/i1D,2D,3D,4D. The first-order valence-corrected chi connectivity index (χ1v) is 10.3. The molecule has 12 heteroatoms. The largest absolute Gasteiger partial charge is 0.493 e. The summed E-state index contributed by atoms with van der Waals surface area (Å²) in [4.78, 5) is 47.9. The predicted octanol–water partition coefficient (Wildman–Crippen LogP) is 1.76. The van der Waals surface area contributed by atoms with Crippen molar-refractivity contribution >= 4 is 46.5 Å². The average molecular weight is 584 g/mol. The number of carbonyl (C=O) groups is 4. The number of halogens is 1. The molecule has 182 valence electrons. The lowest BCUT2D eigenvalue weighted by Gasteiger charge is -2.44. The van der Waals surface area contributed by atoms with Crippen molar-refractivity contribution in [2.75, 3.05) is 13.7 Å². The Morgan fingerprint density at radius 1 is 0.909 bits per heavy atom. The van der Waals surface area contributed by atoms with Crippen LogP contribution in [0.4, 0.5) is 0 Å². The van der Waals surface area contributed by atoms with E-state index in [-0.39, 0.29) is 11.5 Å². The van der Waals surface area contributed by atoms with Crippen LogP contribution in [0.3, 0.4) is 0 Å². The third kappa shape index (κ3) is 7.74. The highest BCUT2D eigenvalue weighted by atomic mass is 127. The molecule has 0 N–H and O–H groups in total. The molecule has 0 spiro atoms. The van der Waals surface area contributed by atoms with E-state index >= 15 is 0 Å². The van der Waals surface area contributed by atoms with Crippen LogP contribution >= 0.6 is 22.6 Å². The molecule has 1 unspecified atom stereocenters. The van der Waals surface area contributed by atoms with E-state index in [4.69, 9.17) is 38.6 Å². The second kappa shape index (κ2) is 12.0.